The highest BCUT2D eigenvalue weighted by Crippen LogP contribution is 2.14. The maximum atomic E-state index is 12.3. The summed E-state index contributed by atoms with van der Waals surface area (Å²) < 4.78 is 0. The van der Waals surface area contributed by atoms with E-state index >= 15 is 0 Å². The third kappa shape index (κ3) is 7.28. The molecule has 1 rings (SSSR count). The Kier molecular flexibility index (Phi) is 8.93. The first-order valence-corrected chi connectivity index (χ1v) is 8.77. The van der Waals surface area contributed by atoms with Crippen LogP contribution in [0.2, 0.25) is 0 Å². The van der Waals surface area contributed by atoms with Crippen LogP contribution < -0.4 is 10.6 Å². The van der Waals surface area contributed by atoms with Crippen molar-refractivity contribution in [1.29, 1.82) is 0 Å². The van der Waals surface area contributed by atoms with Gasteiger partial charge in [0.05, 0.1) is 6.04 Å². The summed E-state index contributed by atoms with van der Waals surface area (Å²) in [5.74, 6) is 1.52. The van der Waals surface area contributed by atoms with E-state index in [0.717, 1.165) is 45.6 Å². The lowest BCUT2D eigenvalue weighted by atomic mass is 9.98. The molecule has 0 bridgehead atoms. The molecule has 4 heteroatoms. The first kappa shape index (κ1) is 18.4. The van der Waals surface area contributed by atoms with Crippen LogP contribution in [0.25, 0.3) is 0 Å². The first-order chi connectivity index (χ1) is 10.0. The molecule has 0 saturated carbocycles. The van der Waals surface area contributed by atoms with Crippen molar-refractivity contribution in [3.63, 3.8) is 0 Å². The summed E-state index contributed by atoms with van der Waals surface area (Å²) in [4.78, 5) is 14.7. The molecule has 21 heavy (non-hydrogen) atoms. The van der Waals surface area contributed by atoms with Crippen LogP contribution in [-0.4, -0.2) is 49.6 Å². The first-order valence-electron chi connectivity index (χ1n) is 8.77. The summed E-state index contributed by atoms with van der Waals surface area (Å²) in [6, 6.07) is -0.0148. The number of piperidine rings is 1. The Morgan fingerprint density at radius 2 is 2.14 bits per heavy atom. The topological polar surface area (TPSA) is 44.4 Å². The Morgan fingerprint density at radius 3 is 2.71 bits per heavy atom. The van der Waals surface area contributed by atoms with E-state index in [1.165, 1.54) is 12.8 Å². The molecule has 0 aromatic carbocycles. The molecule has 1 aliphatic rings. The largest absolute Gasteiger partial charge is 0.355 e. The fourth-order valence-electron chi connectivity index (χ4n) is 2.94. The highest BCUT2D eigenvalue weighted by atomic mass is 16.2. The number of hydrogen-bond acceptors (Lipinski definition) is 3. The van der Waals surface area contributed by atoms with Crippen LogP contribution in [-0.2, 0) is 4.79 Å². The molecule has 1 aliphatic heterocycles. The van der Waals surface area contributed by atoms with Crippen molar-refractivity contribution in [2.24, 2.45) is 11.8 Å². The van der Waals surface area contributed by atoms with Crippen LogP contribution >= 0.6 is 0 Å². The zero-order valence-corrected chi connectivity index (χ0v) is 14.5. The summed E-state index contributed by atoms with van der Waals surface area (Å²) in [5, 5.41) is 6.56. The van der Waals surface area contributed by atoms with E-state index in [4.69, 9.17) is 0 Å². The van der Waals surface area contributed by atoms with Gasteiger partial charge >= 0.3 is 0 Å². The standard InChI is InChI=1S/C17H35N3O/c1-5-11-20(13-16-7-6-9-18-12-16)15(4)17(21)19-10-8-14(2)3/h14-16,18H,5-13H2,1-4H3,(H,19,21). The van der Waals surface area contributed by atoms with E-state index in [-0.39, 0.29) is 11.9 Å². The Balaban J connectivity index is 2.42. The van der Waals surface area contributed by atoms with Crippen LogP contribution in [0, 0.1) is 11.8 Å². The van der Waals surface area contributed by atoms with Gasteiger partial charge in [0.1, 0.15) is 0 Å². The van der Waals surface area contributed by atoms with Crippen LogP contribution in [0.5, 0.6) is 0 Å². The van der Waals surface area contributed by atoms with E-state index in [1.807, 2.05) is 0 Å². The predicted octanol–water partition coefficient (Wildman–Crippen LogP) is 2.25. The van der Waals surface area contributed by atoms with E-state index in [2.05, 4.69) is 43.2 Å². The van der Waals surface area contributed by atoms with Crippen molar-refractivity contribution in [3.05, 3.63) is 0 Å². The summed E-state index contributed by atoms with van der Waals surface area (Å²) in [7, 11) is 0. The molecule has 0 spiro atoms. The second-order valence-electron chi connectivity index (χ2n) is 6.86. The van der Waals surface area contributed by atoms with E-state index in [1.54, 1.807) is 0 Å². The van der Waals surface area contributed by atoms with Gasteiger partial charge in [0.25, 0.3) is 0 Å². The van der Waals surface area contributed by atoms with Crippen molar-refractivity contribution in [1.82, 2.24) is 15.5 Å². The minimum atomic E-state index is -0.0148. The molecule has 2 N–H and O–H groups in total. The number of carbonyl (C=O) groups excluding carboxylic acids is 1. The molecule has 0 radical (unpaired) electrons. The molecule has 1 fully saturated rings. The van der Waals surface area contributed by atoms with Crippen molar-refractivity contribution in [3.8, 4) is 0 Å². The lowest BCUT2D eigenvalue weighted by molar-refractivity contribution is -0.126. The molecular formula is C17H35N3O. The van der Waals surface area contributed by atoms with Gasteiger partial charge < -0.3 is 10.6 Å². The Bertz CT molecular complexity index is 288. The van der Waals surface area contributed by atoms with Crippen molar-refractivity contribution in [2.45, 2.75) is 59.4 Å². The Morgan fingerprint density at radius 1 is 1.38 bits per heavy atom. The molecule has 4 nitrogen and oxygen atoms in total. The van der Waals surface area contributed by atoms with Gasteiger partial charge in [-0.25, -0.2) is 0 Å². The summed E-state index contributed by atoms with van der Waals surface area (Å²) in [6.07, 6.45) is 4.71. The number of amides is 1. The third-order valence-corrected chi connectivity index (χ3v) is 4.35. The zero-order valence-electron chi connectivity index (χ0n) is 14.5. The molecule has 124 valence electrons. The SMILES string of the molecule is CCCN(CC1CCCNC1)C(C)C(=O)NCCC(C)C. The Hall–Kier alpha value is -0.610. The number of nitrogens with one attached hydrogen (secondary N) is 2. The fourth-order valence-corrected chi connectivity index (χ4v) is 2.94. The monoisotopic (exact) mass is 297 g/mol. The van der Waals surface area contributed by atoms with Gasteiger partial charge in [-0.1, -0.05) is 20.8 Å². The normalized spacial score (nSPS) is 20.8. The molecule has 1 saturated heterocycles. The molecule has 0 aromatic heterocycles. The van der Waals surface area contributed by atoms with Gasteiger partial charge in [-0.05, 0) is 64.1 Å². The summed E-state index contributed by atoms with van der Waals surface area (Å²) in [5.41, 5.74) is 0. The lowest BCUT2D eigenvalue weighted by Gasteiger charge is -2.33. The molecule has 2 atom stereocenters. The van der Waals surface area contributed by atoms with Crippen molar-refractivity contribution >= 4 is 5.91 Å². The number of hydrogen-bond donors (Lipinski definition) is 2. The molecular weight excluding hydrogens is 262 g/mol. The minimum Gasteiger partial charge on any atom is -0.355 e. The quantitative estimate of drug-likeness (QED) is 0.686. The predicted molar refractivity (Wildman–Crippen MR) is 89.4 cm³/mol. The highest BCUT2D eigenvalue weighted by Gasteiger charge is 2.24. The van der Waals surface area contributed by atoms with Gasteiger partial charge in [-0.3, -0.25) is 9.69 Å². The van der Waals surface area contributed by atoms with Gasteiger partial charge in [-0.15, -0.1) is 0 Å². The van der Waals surface area contributed by atoms with Crippen LogP contribution in [0.1, 0.15) is 53.4 Å². The second kappa shape index (κ2) is 10.2. The van der Waals surface area contributed by atoms with Crippen LogP contribution in [0.15, 0.2) is 0 Å². The fraction of sp³-hybridized carbons (Fsp3) is 0.941. The van der Waals surface area contributed by atoms with Crippen molar-refractivity contribution < 1.29 is 4.79 Å². The van der Waals surface area contributed by atoms with Gasteiger partial charge in [0, 0.05) is 13.1 Å². The molecule has 1 heterocycles. The van der Waals surface area contributed by atoms with Crippen LogP contribution in [0.3, 0.4) is 0 Å². The number of rotatable bonds is 9. The maximum absolute atomic E-state index is 12.3. The average molecular weight is 297 g/mol. The highest BCUT2D eigenvalue weighted by molar-refractivity contribution is 5.81. The van der Waals surface area contributed by atoms with Gasteiger partial charge in [0.15, 0.2) is 0 Å². The zero-order chi connectivity index (χ0) is 15.7. The molecule has 1 amide bonds. The minimum absolute atomic E-state index is 0.0148. The van der Waals surface area contributed by atoms with Crippen LogP contribution in [0.4, 0.5) is 0 Å². The summed E-state index contributed by atoms with van der Waals surface area (Å²) >= 11 is 0. The smallest absolute Gasteiger partial charge is 0.237 e. The number of carbonyl (C=O) groups is 1. The third-order valence-electron chi connectivity index (χ3n) is 4.35. The average Bonchev–Trinajstić information content (AvgIpc) is 2.46. The molecule has 0 aromatic rings. The van der Waals surface area contributed by atoms with E-state index in [9.17, 15) is 4.79 Å². The maximum Gasteiger partial charge on any atom is 0.237 e. The lowest BCUT2D eigenvalue weighted by Crippen LogP contribution is -2.49. The number of nitrogens with zero attached hydrogens (tertiary/aromatic N) is 1. The molecule has 0 aliphatic carbocycles. The second-order valence-corrected chi connectivity index (χ2v) is 6.86. The molecule has 2 unspecified atom stereocenters. The van der Waals surface area contributed by atoms with Crippen molar-refractivity contribution in [2.75, 3.05) is 32.7 Å². The van der Waals surface area contributed by atoms with E-state index in [0.29, 0.717) is 11.8 Å². The van der Waals surface area contributed by atoms with Gasteiger partial charge in [0.2, 0.25) is 5.91 Å². The Labute approximate surface area is 131 Å². The van der Waals surface area contributed by atoms with Gasteiger partial charge in [-0.2, -0.15) is 0 Å². The summed E-state index contributed by atoms with van der Waals surface area (Å²) in [6.45, 7) is 13.7. The van der Waals surface area contributed by atoms with E-state index < -0.39 is 0 Å².